The predicted molar refractivity (Wildman–Crippen MR) is 145 cm³/mol. The third-order valence-electron chi connectivity index (χ3n) is 7.40. The molecule has 2 aliphatic rings. The minimum Gasteiger partial charge on any atom is -0.444 e. The van der Waals surface area contributed by atoms with Crippen molar-refractivity contribution in [2.45, 2.75) is 84.3 Å². The van der Waals surface area contributed by atoms with Crippen LogP contribution in [0.5, 0.6) is 0 Å². The summed E-state index contributed by atoms with van der Waals surface area (Å²) < 4.78 is 12.5. The second kappa shape index (κ2) is 9.88. The number of hydrogen-bond donors (Lipinski definition) is 2. The van der Waals surface area contributed by atoms with Gasteiger partial charge in [0.2, 0.25) is 5.91 Å². The van der Waals surface area contributed by atoms with E-state index in [9.17, 15) is 14.9 Å². The summed E-state index contributed by atoms with van der Waals surface area (Å²) in [6.45, 7) is 9.13. The van der Waals surface area contributed by atoms with E-state index in [0.29, 0.717) is 28.4 Å². The minimum atomic E-state index is -0.684. The van der Waals surface area contributed by atoms with E-state index in [-0.39, 0.29) is 29.8 Å². The van der Waals surface area contributed by atoms with Crippen LogP contribution in [-0.2, 0) is 16.0 Å². The summed E-state index contributed by atoms with van der Waals surface area (Å²) in [5, 5.41) is 24.1. The average Bonchev–Trinajstić information content (AvgIpc) is 3.28. The van der Waals surface area contributed by atoms with Crippen LogP contribution >= 0.6 is 0 Å². The molecule has 39 heavy (non-hydrogen) atoms. The zero-order valence-corrected chi connectivity index (χ0v) is 23.0. The molecule has 0 saturated heterocycles. The molecule has 2 aromatic heterocycles. The first-order valence-corrected chi connectivity index (χ1v) is 13.4. The number of ether oxygens (including phenoxy) is 1. The molecule has 2 fully saturated rings. The lowest BCUT2D eigenvalue weighted by atomic mass is 9.79. The fourth-order valence-corrected chi connectivity index (χ4v) is 5.23. The van der Waals surface area contributed by atoms with Gasteiger partial charge in [-0.3, -0.25) is 10.1 Å². The van der Waals surface area contributed by atoms with Gasteiger partial charge in [0, 0.05) is 23.6 Å². The molecule has 0 bridgehead atoms. The van der Waals surface area contributed by atoms with Crippen molar-refractivity contribution in [3.05, 3.63) is 47.2 Å². The highest BCUT2D eigenvalue weighted by Crippen LogP contribution is 2.70. The second-order valence-corrected chi connectivity index (χ2v) is 11.9. The van der Waals surface area contributed by atoms with Crippen LogP contribution in [0.2, 0.25) is 0 Å². The van der Waals surface area contributed by atoms with Gasteiger partial charge < -0.3 is 14.6 Å². The zero-order chi connectivity index (χ0) is 27.9. The molecule has 10 nitrogen and oxygen atoms in total. The molecule has 1 unspecified atom stereocenters. The lowest BCUT2D eigenvalue weighted by molar-refractivity contribution is -0.115. The molecular weight excluding hydrogens is 496 g/mol. The van der Waals surface area contributed by atoms with Crippen LogP contribution < -0.4 is 10.6 Å². The van der Waals surface area contributed by atoms with Crippen molar-refractivity contribution in [2.75, 3.05) is 10.6 Å². The number of anilines is 2. The van der Waals surface area contributed by atoms with Crippen molar-refractivity contribution in [3.8, 4) is 17.3 Å². The highest BCUT2D eigenvalue weighted by atomic mass is 16.6. The van der Waals surface area contributed by atoms with Crippen molar-refractivity contribution < 1.29 is 18.8 Å². The molecule has 1 spiro atoms. The monoisotopic (exact) mass is 530 g/mol. The number of hydrogen-bond acceptors (Lipinski definition) is 7. The maximum absolute atomic E-state index is 12.6. The molecule has 1 aromatic carbocycles. The van der Waals surface area contributed by atoms with Gasteiger partial charge in [0.25, 0.3) is 0 Å². The number of nitrogens with zero attached hydrogens (tertiary/aromatic N) is 4. The molecule has 5 rings (SSSR count). The van der Waals surface area contributed by atoms with Crippen LogP contribution in [0.3, 0.4) is 0 Å². The topological polar surface area (TPSA) is 135 Å². The summed E-state index contributed by atoms with van der Waals surface area (Å²) in [6, 6.07) is 11.2. The molecule has 0 aliphatic heterocycles. The summed E-state index contributed by atoms with van der Waals surface area (Å²) in [5.41, 5.74) is 1.92. The largest absolute Gasteiger partial charge is 0.444 e. The third-order valence-corrected chi connectivity index (χ3v) is 7.40. The SMILES string of the molecule is CC(C)n1nc(-c2ccc(CC(=O)Nc3cc(C4CC45CCC5)on3)cc2)c(C#N)c1NC(=O)OC(C)(C)C. The first-order chi connectivity index (χ1) is 18.5. The summed E-state index contributed by atoms with van der Waals surface area (Å²) in [5.74, 6) is 1.83. The maximum atomic E-state index is 12.6. The molecule has 2 aliphatic carbocycles. The van der Waals surface area contributed by atoms with Crippen LogP contribution in [-0.4, -0.2) is 32.5 Å². The lowest BCUT2D eigenvalue weighted by Crippen LogP contribution is -2.28. The van der Waals surface area contributed by atoms with E-state index in [2.05, 4.69) is 27.0 Å². The first-order valence-electron chi connectivity index (χ1n) is 13.4. The Bertz CT molecular complexity index is 1430. The minimum absolute atomic E-state index is 0.116. The van der Waals surface area contributed by atoms with Crippen LogP contribution in [0.1, 0.15) is 89.1 Å². The molecule has 3 aromatic rings. The molecule has 2 saturated carbocycles. The number of nitrogens with one attached hydrogen (secondary N) is 2. The van der Waals surface area contributed by atoms with E-state index in [4.69, 9.17) is 9.26 Å². The number of benzene rings is 1. The standard InChI is InChI=1S/C29H34N6O4/c1-17(2)35-26(32-27(37)38-28(3,4)5)20(16-30)25(33-35)19-9-7-18(8-10-19)13-24(36)31-23-14-22(39-34-23)21-15-29(21)11-6-12-29/h7-10,14,17,21H,6,11-13,15H2,1-5H3,(H,32,37)(H,31,34,36). The van der Waals surface area contributed by atoms with Gasteiger partial charge in [-0.2, -0.15) is 10.4 Å². The Morgan fingerprint density at radius 3 is 2.51 bits per heavy atom. The van der Waals surface area contributed by atoms with Gasteiger partial charge in [-0.25, -0.2) is 9.48 Å². The summed E-state index contributed by atoms with van der Waals surface area (Å²) >= 11 is 0. The third kappa shape index (κ3) is 5.53. The maximum Gasteiger partial charge on any atom is 0.413 e. The van der Waals surface area contributed by atoms with E-state index in [1.54, 1.807) is 25.5 Å². The van der Waals surface area contributed by atoms with Crippen LogP contribution in [0.25, 0.3) is 11.3 Å². The van der Waals surface area contributed by atoms with Gasteiger partial charge in [-0.1, -0.05) is 35.8 Å². The highest BCUT2D eigenvalue weighted by Gasteiger charge is 2.59. The normalized spacial score (nSPS) is 17.4. The fraction of sp³-hybridized carbons (Fsp3) is 0.483. The highest BCUT2D eigenvalue weighted by molar-refractivity contribution is 5.91. The Labute approximate surface area is 227 Å². The zero-order valence-electron chi connectivity index (χ0n) is 23.0. The molecule has 2 N–H and O–H groups in total. The Morgan fingerprint density at radius 2 is 1.95 bits per heavy atom. The molecule has 2 amide bonds. The Kier molecular flexibility index (Phi) is 6.70. The smallest absolute Gasteiger partial charge is 0.413 e. The molecule has 204 valence electrons. The summed E-state index contributed by atoms with van der Waals surface area (Å²) in [4.78, 5) is 25.1. The molecule has 1 atom stereocenters. The molecule has 10 heteroatoms. The quantitative estimate of drug-likeness (QED) is 0.372. The second-order valence-electron chi connectivity index (χ2n) is 11.9. The van der Waals surface area contributed by atoms with Crippen LogP contribution in [0.4, 0.5) is 16.4 Å². The van der Waals surface area contributed by atoms with Gasteiger partial charge in [0.05, 0.1) is 6.42 Å². The van der Waals surface area contributed by atoms with E-state index in [1.807, 2.05) is 44.2 Å². The molecule has 0 radical (unpaired) electrons. The van der Waals surface area contributed by atoms with Crippen LogP contribution in [0.15, 0.2) is 34.9 Å². The lowest BCUT2D eigenvalue weighted by Gasteiger charge is -2.25. The Balaban J connectivity index is 1.26. The number of rotatable bonds is 7. The number of carbonyl (C=O) groups is 2. The Hall–Kier alpha value is -4.13. The van der Waals surface area contributed by atoms with Crippen molar-refractivity contribution in [1.82, 2.24) is 14.9 Å². The summed E-state index contributed by atoms with van der Waals surface area (Å²) in [6.07, 6.45) is 4.45. The average molecular weight is 531 g/mol. The Morgan fingerprint density at radius 1 is 1.23 bits per heavy atom. The van der Waals surface area contributed by atoms with Gasteiger partial charge >= 0.3 is 6.09 Å². The summed E-state index contributed by atoms with van der Waals surface area (Å²) in [7, 11) is 0. The van der Waals surface area contributed by atoms with Crippen molar-refractivity contribution in [3.63, 3.8) is 0 Å². The first kappa shape index (κ1) is 26.5. The molecular formula is C29H34N6O4. The van der Waals surface area contributed by atoms with E-state index < -0.39 is 11.7 Å². The molecule has 2 heterocycles. The number of nitriles is 1. The van der Waals surface area contributed by atoms with Gasteiger partial charge in [-0.05, 0) is 64.9 Å². The van der Waals surface area contributed by atoms with Crippen molar-refractivity contribution in [1.29, 1.82) is 5.26 Å². The van der Waals surface area contributed by atoms with Gasteiger partial charge in [0.1, 0.15) is 28.7 Å². The van der Waals surface area contributed by atoms with E-state index in [0.717, 1.165) is 17.7 Å². The van der Waals surface area contributed by atoms with Crippen molar-refractivity contribution in [2.24, 2.45) is 5.41 Å². The van der Waals surface area contributed by atoms with Crippen molar-refractivity contribution >= 4 is 23.6 Å². The van der Waals surface area contributed by atoms with Gasteiger partial charge in [0.15, 0.2) is 11.6 Å². The fourth-order valence-electron chi connectivity index (χ4n) is 5.23. The number of aromatic nitrogens is 3. The number of carbonyl (C=O) groups excluding carboxylic acids is 2. The van der Waals surface area contributed by atoms with E-state index in [1.165, 1.54) is 19.3 Å². The predicted octanol–water partition coefficient (Wildman–Crippen LogP) is 6.18. The number of amides is 2. The van der Waals surface area contributed by atoms with Gasteiger partial charge in [-0.15, -0.1) is 0 Å². The van der Waals surface area contributed by atoms with E-state index >= 15 is 0 Å². The van der Waals surface area contributed by atoms with Crippen LogP contribution in [0, 0.1) is 16.7 Å².